The van der Waals surface area contributed by atoms with Crippen molar-refractivity contribution in [1.29, 1.82) is 0 Å². The van der Waals surface area contributed by atoms with E-state index in [1.807, 2.05) is 6.20 Å². The fourth-order valence-electron chi connectivity index (χ4n) is 5.03. The van der Waals surface area contributed by atoms with E-state index in [2.05, 4.69) is 100 Å². The van der Waals surface area contributed by atoms with Gasteiger partial charge >= 0.3 is 0 Å². The van der Waals surface area contributed by atoms with Gasteiger partial charge in [0.15, 0.2) is 0 Å². The van der Waals surface area contributed by atoms with Gasteiger partial charge in [0.1, 0.15) is 0 Å². The molecular weight excluding hydrogens is 374 g/mol. The van der Waals surface area contributed by atoms with Crippen LogP contribution in [-0.4, -0.2) is 4.98 Å². The van der Waals surface area contributed by atoms with Crippen molar-refractivity contribution in [3.8, 4) is 11.3 Å². The fraction of sp³-hybridized carbons (Fsp3) is 0.167. The average molecular weight is 400 g/mol. The first-order valence-corrected chi connectivity index (χ1v) is 11.0. The lowest BCUT2D eigenvalue weighted by atomic mass is 9.82. The summed E-state index contributed by atoms with van der Waals surface area (Å²) in [5, 5.41) is 10.4. The number of aryl methyl sites for hydroxylation is 1. The summed E-state index contributed by atoms with van der Waals surface area (Å²) in [5.41, 5.74) is 5.06. The van der Waals surface area contributed by atoms with Crippen molar-refractivity contribution in [2.24, 2.45) is 0 Å². The van der Waals surface area contributed by atoms with Gasteiger partial charge in [0.2, 0.25) is 0 Å². The van der Waals surface area contributed by atoms with Crippen LogP contribution >= 0.6 is 0 Å². The first kappa shape index (κ1) is 18.3. The Morgan fingerprint density at radius 1 is 0.645 bits per heavy atom. The molecule has 0 saturated heterocycles. The first-order chi connectivity index (χ1) is 14.9. The molecule has 1 heterocycles. The minimum atomic E-state index is 0.126. The Hall–Kier alpha value is -3.45. The van der Waals surface area contributed by atoms with Crippen molar-refractivity contribution in [3.05, 3.63) is 90.1 Å². The molecule has 6 rings (SSSR count). The number of aromatic nitrogens is 1. The molecule has 0 fully saturated rings. The number of hydrogen-bond donors (Lipinski definition) is 0. The van der Waals surface area contributed by atoms with Crippen LogP contribution in [0.15, 0.2) is 79.0 Å². The Morgan fingerprint density at radius 2 is 1.29 bits per heavy atom. The van der Waals surface area contributed by atoms with Crippen LogP contribution in [0.4, 0.5) is 0 Å². The molecule has 31 heavy (non-hydrogen) atoms. The predicted octanol–water partition coefficient (Wildman–Crippen LogP) is 8.41. The molecule has 150 valence electrons. The molecule has 0 aliphatic carbocycles. The second-order valence-corrected chi connectivity index (χ2v) is 9.81. The van der Waals surface area contributed by atoms with E-state index >= 15 is 0 Å². The molecule has 0 aliphatic rings. The van der Waals surface area contributed by atoms with Crippen LogP contribution in [0.2, 0.25) is 0 Å². The second-order valence-electron chi connectivity index (χ2n) is 9.81. The molecule has 0 amide bonds. The minimum Gasteiger partial charge on any atom is -0.256 e. The summed E-state index contributed by atoms with van der Waals surface area (Å²) < 4.78 is 0. The fourth-order valence-corrected chi connectivity index (χ4v) is 5.03. The van der Waals surface area contributed by atoms with E-state index in [0.717, 1.165) is 5.69 Å². The Labute approximate surface area is 182 Å². The van der Waals surface area contributed by atoms with Crippen LogP contribution in [0, 0.1) is 6.92 Å². The smallest absolute Gasteiger partial charge is 0.0717 e. The highest BCUT2D eigenvalue weighted by atomic mass is 14.7. The largest absolute Gasteiger partial charge is 0.256 e. The molecule has 0 bridgehead atoms. The highest BCUT2D eigenvalue weighted by molar-refractivity contribution is 6.26. The number of nitrogens with zero attached hydrogens (tertiary/aromatic N) is 1. The van der Waals surface area contributed by atoms with Crippen molar-refractivity contribution < 1.29 is 0 Å². The van der Waals surface area contributed by atoms with E-state index in [-0.39, 0.29) is 5.41 Å². The molecule has 0 saturated carbocycles. The molecule has 0 aliphatic heterocycles. The highest BCUT2D eigenvalue weighted by Gasteiger charge is 2.19. The highest BCUT2D eigenvalue weighted by Crippen LogP contribution is 2.42. The maximum absolute atomic E-state index is 4.87. The number of pyridine rings is 1. The third kappa shape index (κ3) is 2.73. The van der Waals surface area contributed by atoms with E-state index in [1.165, 1.54) is 59.8 Å². The van der Waals surface area contributed by atoms with Crippen molar-refractivity contribution in [2.75, 3.05) is 0 Å². The molecule has 1 nitrogen and oxygen atoms in total. The van der Waals surface area contributed by atoms with Gasteiger partial charge in [-0.3, -0.25) is 4.98 Å². The van der Waals surface area contributed by atoms with Crippen LogP contribution in [-0.2, 0) is 5.41 Å². The van der Waals surface area contributed by atoms with Crippen LogP contribution in [0.1, 0.15) is 31.9 Å². The Balaban J connectivity index is 1.72. The average Bonchev–Trinajstić information content (AvgIpc) is 2.76. The van der Waals surface area contributed by atoms with E-state index in [4.69, 9.17) is 4.98 Å². The summed E-state index contributed by atoms with van der Waals surface area (Å²) in [6, 6.07) is 26.9. The van der Waals surface area contributed by atoms with Crippen molar-refractivity contribution in [3.63, 3.8) is 0 Å². The van der Waals surface area contributed by atoms with Gasteiger partial charge in [-0.15, -0.1) is 0 Å². The molecule has 5 aromatic carbocycles. The summed E-state index contributed by atoms with van der Waals surface area (Å²) in [7, 11) is 0. The zero-order chi connectivity index (χ0) is 21.3. The SMILES string of the molecule is Cc1cc2ccc3cc(C(C)(C)C)cc4ccc(c1-c1cc5ccccc5cn1)c2c34. The molecule has 0 radical (unpaired) electrons. The van der Waals surface area contributed by atoms with Crippen molar-refractivity contribution in [2.45, 2.75) is 33.1 Å². The topological polar surface area (TPSA) is 12.9 Å². The standard InChI is InChI=1S/C30H25N/c1-18-13-20-9-10-21-14-24(30(2,3)4)15-22-11-12-25(29(20)28(21)22)27(18)26-16-19-7-5-6-8-23(19)17-31-26/h5-17H,1-4H3. The maximum atomic E-state index is 4.87. The lowest BCUT2D eigenvalue weighted by Crippen LogP contribution is -2.10. The van der Waals surface area contributed by atoms with Crippen LogP contribution in [0.5, 0.6) is 0 Å². The molecule has 0 unspecified atom stereocenters. The quantitative estimate of drug-likeness (QED) is 0.253. The van der Waals surface area contributed by atoms with Gasteiger partial charge in [0, 0.05) is 17.1 Å². The molecule has 1 aromatic heterocycles. The second kappa shape index (κ2) is 6.28. The van der Waals surface area contributed by atoms with Crippen LogP contribution in [0.3, 0.4) is 0 Å². The van der Waals surface area contributed by atoms with Crippen LogP contribution in [0.25, 0.3) is 54.3 Å². The number of fused-ring (bicyclic) bond motifs is 1. The third-order valence-corrected chi connectivity index (χ3v) is 6.67. The Kier molecular flexibility index (Phi) is 3.71. The van der Waals surface area contributed by atoms with Gasteiger partial charge in [-0.05, 0) is 67.2 Å². The molecule has 0 atom stereocenters. The number of hydrogen-bond acceptors (Lipinski definition) is 1. The lowest BCUT2D eigenvalue weighted by molar-refractivity contribution is 0.591. The summed E-state index contributed by atoms with van der Waals surface area (Å²) in [4.78, 5) is 4.87. The van der Waals surface area contributed by atoms with Crippen molar-refractivity contribution in [1.82, 2.24) is 4.98 Å². The van der Waals surface area contributed by atoms with Crippen molar-refractivity contribution >= 4 is 43.1 Å². The van der Waals surface area contributed by atoms with Gasteiger partial charge in [0.25, 0.3) is 0 Å². The monoisotopic (exact) mass is 399 g/mol. The molecular formula is C30H25N. The van der Waals surface area contributed by atoms with E-state index < -0.39 is 0 Å². The van der Waals surface area contributed by atoms with Gasteiger partial charge < -0.3 is 0 Å². The molecule has 0 spiro atoms. The summed E-state index contributed by atoms with van der Waals surface area (Å²) >= 11 is 0. The lowest BCUT2D eigenvalue weighted by Gasteiger charge is -2.22. The van der Waals surface area contributed by atoms with E-state index in [9.17, 15) is 0 Å². The third-order valence-electron chi connectivity index (χ3n) is 6.67. The zero-order valence-corrected chi connectivity index (χ0v) is 18.5. The Morgan fingerprint density at radius 3 is 2.00 bits per heavy atom. The normalized spacial score (nSPS) is 12.5. The summed E-state index contributed by atoms with van der Waals surface area (Å²) in [5.74, 6) is 0. The van der Waals surface area contributed by atoms with Gasteiger partial charge in [-0.1, -0.05) is 87.5 Å². The molecule has 1 heteroatoms. The van der Waals surface area contributed by atoms with Gasteiger partial charge in [-0.25, -0.2) is 0 Å². The Bertz CT molecular complexity index is 1600. The van der Waals surface area contributed by atoms with E-state index in [1.54, 1.807) is 0 Å². The summed E-state index contributed by atoms with van der Waals surface area (Å²) in [6.45, 7) is 9.06. The maximum Gasteiger partial charge on any atom is 0.0717 e. The first-order valence-electron chi connectivity index (χ1n) is 11.0. The number of benzene rings is 5. The minimum absolute atomic E-state index is 0.126. The van der Waals surface area contributed by atoms with Crippen LogP contribution < -0.4 is 0 Å². The van der Waals surface area contributed by atoms with Gasteiger partial charge in [0.05, 0.1) is 5.69 Å². The molecule has 0 N–H and O–H groups in total. The molecule has 6 aromatic rings. The van der Waals surface area contributed by atoms with Gasteiger partial charge in [-0.2, -0.15) is 0 Å². The van der Waals surface area contributed by atoms with E-state index in [0.29, 0.717) is 0 Å². The number of rotatable bonds is 1. The summed E-state index contributed by atoms with van der Waals surface area (Å²) in [6.07, 6.45) is 2.00. The zero-order valence-electron chi connectivity index (χ0n) is 18.5. The predicted molar refractivity (Wildman–Crippen MR) is 134 cm³/mol.